The lowest BCUT2D eigenvalue weighted by Gasteiger charge is -2.42. The Balaban J connectivity index is 1.52. The number of aromatic nitrogens is 1. The van der Waals surface area contributed by atoms with Crippen molar-refractivity contribution in [2.75, 3.05) is 31.5 Å². The number of H-pyrrole nitrogens is 1. The molecule has 2 aliphatic heterocycles. The van der Waals surface area contributed by atoms with E-state index in [-0.39, 0.29) is 17.6 Å². The van der Waals surface area contributed by atoms with Gasteiger partial charge in [0.1, 0.15) is 11.6 Å². The van der Waals surface area contributed by atoms with Crippen molar-refractivity contribution in [2.45, 2.75) is 71.0 Å². The summed E-state index contributed by atoms with van der Waals surface area (Å²) in [5.41, 5.74) is 3.60. The van der Waals surface area contributed by atoms with Gasteiger partial charge in [0.2, 0.25) is 0 Å². The largest absolute Gasteiger partial charge is 0.380 e. The van der Waals surface area contributed by atoms with Gasteiger partial charge in [-0.1, -0.05) is 31.5 Å². The van der Waals surface area contributed by atoms with E-state index >= 15 is 8.78 Å². The summed E-state index contributed by atoms with van der Waals surface area (Å²) in [6, 6.07) is 7.32. The number of aryl methyl sites for hydroxylation is 1. The summed E-state index contributed by atoms with van der Waals surface area (Å²) in [6.07, 6.45) is 2.78. The fourth-order valence-corrected chi connectivity index (χ4v) is 5.99. The van der Waals surface area contributed by atoms with Gasteiger partial charge in [-0.2, -0.15) is 0 Å². The number of fused-ring (bicyclic) bond motifs is 3. The molecule has 0 amide bonds. The summed E-state index contributed by atoms with van der Waals surface area (Å²) < 4.78 is 60.2. The van der Waals surface area contributed by atoms with Crippen molar-refractivity contribution < 1.29 is 17.6 Å². The van der Waals surface area contributed by atoms with E-state index in [0.717, 1.165) is 61.4 Å². The van der Waals surface area contributed by atoms with Crippen LogP contribution in [0.15, 0.2) is 30.3 Å². The first-order valence-electron chi connectivity index (χ1n) is 13.3. The van der Waals surface area contributed by atoms with E-state index in [1.807, 2.05) is 32.0 Å². The monoisotopic (exact) mass is 516 g/mol. The SMILES string of the molecule is CCCCN1CC(Nc2cc(F)c([C@H]3c4[nH]c5c(C)cccc5c4C[C@H](C)N3CC(C)(F)F)c(F)c2)C1. The number of hydrogen-bond acceptors (Lipinski definition) is 3. The van der Waals surface area contributed by atoms with E-state index in [2.05, 4.69) is 22.1 Å². The highest BCUT2D eigenvalue weighted by atomic mass is 19.3. The molecule has 8 heteroatoms. The summed E-state index contributed by atoms with van der Waals surface area (Å²) in [5.74, 6) is -4.47. The fourth-order valence-electron chi connectivity index (χ4n) is 5.99. The topological polar surface area (TPSA) is 34.3 Å². The second-order valence-corrected chi connectivity index (χ2v) is 11.0. The number of rotatable bonds is 8. The predicted octanol–water partition coefficient (Wildman–Crippen LogP) is 6.64. The van der Waals surface area contributed by atoms with Gasteiger partial charge >= 0.3 is 0 Å². The quantitative estimate of drug-likeness (QED) is 0.329. The van der Waals surface area contributed by atoms with E-state index in [4.69, 9.17) is 0 Å². The van der Waals surface area contributed by atoms with Crippen molar-refractivity contribution in [1.29, 1.82) is 0 Å². The molecule has 2 N–H and O–H groups in total. The number of unbranched alkanes of at least 4 members (excludes halogenated alkanes) is 1. The zero-order chi connectivity index (χ0) is 26.5. The summed E-state index contributed by atoms with van der Waals surface area (Å²) in [6.45, 7) is 8.92. The number of anilines is 1. The van der Waals surface area contributed by atoms with Crippen molar-refractivity contribution in [3.63, 3.8) is 0 Å². The Kier molecular flexibility index (Phi) is 7.00. The number of alkyl halides is 2. The standard InChI is InChI=1S/C29H36F4N4/c1-5-6-10-36-14-20(15-36)34-19-12-23(30)25(24(31)13-19)28-27-22(11-18(3)37(28)16-29(4,32)33)21-9-7-8-17(2)26(21)35-27/h7-9,12-13,18,20,28,34-35H,5-6,10-11,14-16H2,1-4H3/t18-,28-/m0/s1. The summed E-state index contributed by atoms with van der Waals surface area (Å²) in [5, 5.41) is 4.22. The molecule has 0 spiro atoms. The highest BCUT2D eigenvalue weighted by Crippen LogP contribution is 2.44. The Morgan fingerprint density at radius 1 is 1.14 bits per heavy atom. The lowest BCUT2D eigenvalue weighted by molar-refractivity contribution is -0.0374. The maximum absolute atomic E-state index is 15.8. The average Bonchev–Trinajstić information content (AvgIpc) is 3.15. The second-order valence-electron chi connectivity index (χ2n) is 11.0. The number of benzene rings is 2. The minimum absolute atomic E-state index is 0.134. The molecule has 37 heavy (non-hydrogen) atoms. The number of para-hydroxylation sites is 1. The molecular weight excluding hydrogens is 480 g/mol. The van der Waals surface area contributed by atoms with Crippen molar-refractivity contribution in [1.82, 2.24) is 14.8 Å². The number of hydrogen-bond donors (Lipinski definition) is 2. The Morgan fingerprint density at radius 2 is 1.84 bits per heavy atom. The van der Waals surface area contributed by atoms with Gasteiger partial charge in [-0.3, -0.25) is 9.80 Å². The maximum atomic E-state index is 15.8. The molecule has 3 aromatic rings. The van der Waals surface area contributed by atoms with E-state index in [0.29, 0.717) is 17.8 Å². The smallest absolute Gasteiger partial charge is 0.257 e. The van der Waals surface area contributed by atoms with Crippen LogP contribution < -0.4 is 5.32 Å². The van der Waals surface area contributed by atoms with Crippen molar-refractivity contribution >= 4 is 16.6 Å². The van der Waals surface area contributed by atoms with Gasteiger partial charge in [0.15, 0.2) is 0 Å². The van der Waals surface area contributed by atoms with Gasteiger partial charge in [0.25, 0.3) is 5.92 Å². The molecule has 0 radical (unpaired) electrons. The Hall–Kier alpha value is -2.58. The average molecular weight is 517 g/mol. The number of nitrogens with zero attached hydrogens (tertiary/aromatic N) is 2. The van der Waals surface area contributed by atoms with Crippen LogP contribution in [-0.4, -0.2) is 59.0 Å². The van der Waals surface area contributed by atoms with E-state index in [9.17, 15) is 8.78 Å². The lowest BCUT2D eigenvalue weighted by Crippen LogP contribution is -2.54. The first-order chi connectivity index (χ1) is 17.6. The Labute approximate surface area is 216 Å². The molecule has 2 aliphatic rings. The summed E-state index contributed by atoms with van der Waals surface area (Å²) >= 11 is 0. The van der Waals surface area contributed by atoms with Gasteiger partial charge < -0.3 is 10.3 Å². The van der Waals surface area contributed by atoms with Gasteiger partial charge in [-0.05, 0) is 56.5 Å². The van der Waals surface area contributed by atoms with E-state index in [1.54, 1.807) is 4.90 Å². The normalized spacial score (nSPS) is 21.3. The summed E-state index contributed by atoms with van der Waals surface area (Å²) in [4.78, 5) is 7.22. The Bertz CT molecular complexity index is 1250. The van der Waals surface area contributed by atoms with Crippen LogP contribution in [0.3, 0.4) is 0 Å². The van der Waals surface area contributed by atoms with Gasteiger partial charge in [0.05, 0.1) is 18.6 Å². The molecule has 1 saturated heterocycles. The van der Waals surface area contributed by atoms with E-state index < -0.39 is 30.1 Å². The summed E-state index contributed by atoms with van der Waals surface area (Å²) in [7, 11) is 0. The van der Waals surface area contributed by atoms with Crippen molar-refractivity contribution in [3.8, 4) is 0 Å². The molecule has 0 bridgehead atoms. The predicted molar refractivity (Wildman–Crippen MR) is 140 cm³/mol. The number of halogens is 4. The van der Waals surface area contributed by atoms with Crippen LogP contribution in [0.4, 0.5) is 23.2 Å². The van der Waals surface area contributed by atoms with Crippen LogP contribution in [0.1, 0.15) is 62.0 Å². The van der Waals surface area contributed by atoms with Crippen molar-refractivity contribution in [3.05, 3.63) is 64.4 Å². The molecule has 1 aromatic heterocycles. The lowest BCUT2D eigenvalue weighted by atomic mass is 9.87. The molecule has 4 nitrogen and oxygen atoms in total. The molecule has 200 valence electrons. The third kappa shape index (κ3) is 5.10. The van der Waals surface area contributed by atoms with Crippen LogP contribution in [0, 0.1) is 18.6 Å². The Morgan fingerprint density at radius 3 is 2.49 bits per heavy atom. The highest BCUT2D eigenvalue weighted by Gasteiger charge is 2.42. The highest BCUT2D eigenvalue weighted by molar-refractivity contribution is 5.88. The second kappa shape index (κ2) is 9.95. The molecule has 0 saturated carbocycles. The van der Waals surface area contributed by atoms with Crippen LogP contribution in [-0.2, 0) is 6.42 Å². The minimum Gasteiger partial charge on any atom is -0.380 e. The third-order valence-electron chi connectivity index (χ3n) is 7.82. The zero-order valence-corrected chi connectivity index (χ0v) is 22.0. The number of likely N-dealkylation sites (tertiary alicyclic amines) is 1. The first-order valence-corrected chi connectivity index (χ1v) is 13.3. The van der Waals surface area contributed by atoms with Gasteiger partial charge in [-0.25, -0.2) is 17.6 Å². The fraction of sp³-hybridized carbons (Fsp3) is 0.517. The number of nitrogens with one attached hydrogen (secondary N) is 2. The van der Waals surface area contributed by atoms with Gasteiger partial charge in [-0.15, -0.1) is 0 Å². The molecule has 0 unspecified atom stereocenters. The van der Waals surface area contributed by atoms with Crippen LogP contribution >= 0.6 is 0 Å². The molecule has 2 atom stereocenters. The van der Waals surface area contributed by atoms with Crippen LogP contribution in [0.5, 0.6) is 0 Å². The molecule has 1 fully saturated rings. The molecule has 2 aromatic carbocycles. The maximum Gasteiger partial charge on any atom is 0.257 e. The molecule has 3 heterocycles. The third-order valence-corrected chi connectivity index (χ3v) is 7.82. The molecule has 0 aliphatic carbocycles. The van der Waals surface area contributed by atoms with Gasteiger partial charge in [0, 0.05) is 53.9 Å². The zero-order valence-electron chi connectivity index (χ0n) is 22.0. The molecular formula is C29H36F4N4. The van der Waals surface area contributed by atoms with Crippen LogP contribution in [0.2, 0.25) is 0 Å². The number of aromatic amines is 1. The van der Waals surface area contributed by atoms with Crippen LogP contribution in [0.25, 0.3) is 10.9 Å². The van der Waals surface area contributed by atoms with E-state index in [1.165, 1.54) is 12.1 Å². The first kappa shape index (κ1) is 26.0. The van der Waals surface area contributed by atoms with Crippen molar-refractivity contribution in [2.24, 2.45) is 0 Å². The molecule has 5 rings (SSSR count). The minimum atomic E-state index is -3.02.